The van der Waals surface area contributed by atoms with E-state index >= 15 is 0 Å². The summed E-state index contributed by atoms with van der Waals surface area (Å²) in [6.07, 6.45) is -6.12. The first-order valence-electron chi connectivity index (χ1n) is 4.03. The van der Waals surface area contributed by atoms with Crippen molar-refractivity contribution in [2.24, 2.45) is 0 Å². The number of aliphatic hydroxyl groups is 4. The molecule has 11 nitrogen and oxygen atoms in total. The summed E-state index contributed by atoms with van der Waals surface area (Å²) in [6, 6.07) is 0. The summed E-state index contributed by atoms with van der Waals surface area (Å²) < 4.78 is 13.6. The minimum atomic E-state index is -5.31. The molecule has 0 aromatic carbocycles. The molecule has 0 fully saturated rings. The smallest absolute Gasteiger partial charge is 0.790 e. The van der Waals surface area contributed by atoms with Gasteiger partial charge in [0.1, 0.15) is 24.9 Å². The minimum Gasteiger partial charge on any atom is -0.790 e. The first kappa shape index (κ1) is 33.2. The molecular weight excluding hydrogens is 325 g/mol. The van der Waals surface area contributed by atoms with Crippen molar-refractivity contribution in [1.29, 1.82) is 0 Å². The zero-order chi connectivity index (χ0) is 12.9. The number of hydrogen-bond donors (Lipinski definition) is 4. The van der Waals surface area contributed by atoms with Crippen LogP contribution in [0.15, 0.2) is 0 Å². The van der Waals surface area contributed by atoms with Crippen LogP contribution >= 0.6 is 7.82 Å². The van der Waals surface area contributed by atoms with Gasteiger partial charge in [0.25, 0.3) is 0 Å². The summed E-state index contributed by atoms with van der Waals surface area (Å²) in [5, 5.41) is 35.4. The van der Waals surface area contributed by atoms with E-state index in [4.69, 9.17) is 20.4 Å². The summed E-state index contributed by atoms with van der Waals surface area (Å²) in [6.45, 7) is -2.16. The van der Waals surface area contributed by atoms with Crippen LogP contribution in [0, 0.1) is 0 Å². The predicted octanol–water partition coefficient (Wildman–Crippen LogP) is -12.2. The number of Topliss-reactive ketones (excluding diaryl/α,β-unsaturated/α-hetero) is 1. The number of aliphatic hydroxyl groups excluding tert-OH is 4. The second-order valence-corrected chi connectivity index (χ2v) is 4.02. The second kappa shape index (κ2) is 15.4. The molecule has 20 heavy (non-hydrogen) atoms. The molecule has 3 atom stereocenters. The van der Waals surface area contributed by atoms with Crippen molar-refractivity contribution < 1.29 is 114 Å². The van der Waals surface area contributed by atoms with E-state index in [1.54, 1.807) is 0 Å². The average molecular weight is 340 g/mol. The van der Waals surface area contributed by atoms with Crippen LogP contribution in [0.5, 0.6) is 0 Å². The van der Waals surface area contributed by atoms with E-state index in [0.29, 0.717) is 0 Å². The van der Waals surface area contributed by atoms with E-state index in [1.807, 2.05) is 0 Å². The Hall–Kier alpha value is 1.54. The first-order chi connectivity index (χ1) is 7.19. The molecule has 0 spiro atoms. The third-order valence-corrected chi connectivity index (χ3v) is 2.07. The molecule has 0 unspecified atom stereocenters. The van der Waals surface area contributed by atoms with Crippen molar-refractivity contribution in [3.05, 3.63) is 0 Å². The van der Waals surface area contributed by atoms with E-state index in [-0.39, 0.29) is 70.1 Å². The number of ketones is 1. The van der Waals surface area contributed by atoms with E-state index < -0.39 is 45.1 Å². The first-order valence-corrected chi connectivity index (χ1v) is 5.49. The Bertz CT molecular complexity index is 284. The average Bonchev–Trinajstić information content (AvgIpc) is 2.21. The maximum atomic E-state index is 10.7. The van der Waals surface area contributed by atoms with Crippen molar-refractivity contribution >= 4 is 13.6 Å². The monoisotopic (exact) mass is 340 g/mol. The van der Waals surface area contributed by atoms with Crippen LogP contribution in [0.2, 0.25) is 0 Å². The molecule has 112 valence electrons. The Balaban J connectivity index is -0.000000187. The molecule has 14 heteroatoms. The second-order valence-electron chi connectivity index (χ2n) is 2.87. The number of phosphoric acid groups is 1. The van der Waals surface area contributed by atoms with Gasteiger partial charge in [-0.15, -0.1) is 0 Å². The van der Waals surface area contributed by atoms with Crippen LogP contribution in [0.3, 0.4) is 0 Å². The largest absolute Gasteiger partial charge is 1.00 e. The van der Waals surface area contributed by atoms with Crippen LogP contribution in [0.1, 0.15) is 0 Å². The zero-order valence-electron chi connectivity index (χ0n) is 10.9. The van der Waals surface area contributed by atoms with Gasteiger partial charge in [0.05, 0.1) is 14.4 Å². The Morgan fingerprint density at radius 3 is 1.85 bits per heavy atom. The van der Waals surface area contributed by atoms with Crippen LogP contribution in [-0.2, 0) is 13.9 Å². The number of rotatable bonds is 7. The molecule has 0 saturated carbocycles. The van der Waals surface area contributed by atoms with Gasteiger partial charge in [-0.05, 0) is 0 Å². The molecule has 0 aromatic heterocycles. The van der Waals surface area contributed by atoms with Gasteiger partial charge in [-0.1, -0.05) is 0 Å². The Morgan fingerprint density at radius 2 is 1.55 bits per heavy atom. The Kier molecular flexibility index (Phi) is 25.6. The number of carbonyl (C=O) groups excluding carboxylic acids is 1. The van der Waals surface area contributed by atoms with Crippen molar-refractivity contribution in [1.82, 2.24) is 0 Å². The van der Waals surface area contributed by atoms with E-state index in [1.165, 1.54) is 0 Å². The third-order valence-electron chi connectivity index (χ3n) is 1.61. The van der Waals surface area contributed by atoms with Crippen molar-refractivity contribution in [3.63, 3.8) is 0 Å². The van der Waals surface area contributed by atoms with Crippen molar-refractivity contribution in [2.75, 3.05) is 13.2 Å². The van der Waals surface area contributed by atoms with Crippen LogP contribution < -0.4 is 68.9 Å². The number of phosphoric ester groups is 1. The molecule has 0 aromatic rings. The summed E-state index contributed by atoms with van der Waals surface area (Å²) in [5.74, 6) is -1.17. The Labute approximate surface area is 158 Å². The summed E-state index contributed by atoms with van der Waals surface area (Å²) >= 11 is 0. The molecular formula is C6H15Na2O11P. The van der Waals surface area contributed by atoms with Gasteiger partial charge in [0, 0.05) is 0 Å². The molecule has 0 amide bonds. The maximum absolute atomic E-state index is 10.7. The fourth-order valence-corrected chi connectivity index (χ4v) is 1.10. The Morgan fingerprint density at radius 1 is 1.15 bits per heavy atom. The van der Waals surface area contributed by atoms with E-state index in [2.05, 4.69) is 4.52 Å². The fourth-order valence-electron chi connectivity index (χ4n) is 0.761. The SMILES string of the molecule is O.O.O=C(CO)[C@@H](O)[C@H](O)[C@H](O)COP(=O)([O-])[O-].[Na+].[Na+]. The van der Waals surface area contributed by atoms with Crippen molar-refractivity contribution in [3.8, 4) is 0 Å². The topological polar surface area (TPSA) is 233 Å². The minimum absolute atomic E-state index is 0. The molecule has 0 radical (unpaired) electrons. The van der Waals surface area contributed by atoms with E-state index in [0.717, 1.165) is 0 Å². The summed E-state index contributed by atoms with van der Waals surface area (Å²) in [7, 11) is -5.31. The van der Waals surface area contributed by atoms with Crippen LogP contribution in [0.4, 0.5) is 0 Å². The molecule has 0 rings (SSSR count). The number of hydrogen-bond acceptors (Lipinski definition) is 9. The van der Waals surface area contributed by atoms with E-state index in [9.17, 15) is 19.1 Å². The molecule has 0 aliphatic carbocycles. The predicted molar refractivity (Wildman–Crippen MR) is 50.9 cm³/mol. The quantitative estimate of drug-likeness (QED) is 0.254. The van der Waals surface area contributed by atoms with Gasteiger partial charge in [0.2, 0.25) is 0 Å². The van der Waals surface area contributed by atoms with Crippen molar-refractivity contribution in [2.45, 2.75) is 18.3 Å². The standard InChI is InChI=1S/C6H13O9P.2Na.2H2O/c7-1-3(8)5(10)6(11)4(9)2-15-16(12,13)14;;;;/h4-7,9-11H,1-2H2,(H2,12,13,14);;;2*1H2/q;2*+1;;/p-2/t4-,5-,6-;;;;/m1..../s1. The third kappa shape index (κ3) is 14.5. The number of carbonyl (C=O) groups is 1. The summed E-state index contributed by atoms with van der Waals surface area (Å²) in [4.78, 5) is 30.7. The molecule has 0 heterocycles. The molecule has 0 aliphatic heterocycles. The van der Waals surface area contributed by atoms with Gasteiger partial charge in [-0.3, -0.25) is 4.79 Å². The van der Waals surface area contributed by atoms with Gasteiger partial charge < -0.3 is 50.3 Å². The van der Waals surface area contributed by atoms with Gasteiger partial charge >= 0.3 is 59.1 Å². The normalized spacial score (nSPS) is 14.3. The molecule has 0 aliphatic rings. The van der Waals surface area contributed by atoms with Gasteiger partial charge in [-0.25, -0.2) is 0 Å². The van der Waals surface area contributed by atoms with Crippen LogP contribution in [0.25, 0.3) is 0 Å². The molecule has 8 N–H and O–H groups in total. The fraction of sp³-hybridized carbons (Fsp3) is 0.833. The summed E-state index contributed by atoms with van der Waals surface area (Å²) in [5.41, 5.74) is 0. The van der Waals surface area contributed by atoms with Gasteiger partial charge in [0.15, 0.2) is 5.78 Å². The maximum Gasteiger partial charge on any atom is 1.00 e. The zero-order valence-corrected chi connectivity index (χ0v) is 15.8. The van der Waals surface area contributed by atoms with Crippen LogP contribution in [-0.4, -0.2) is 68.7 Å². The van der Waals surface area contributed by atoms with Gasteiger partial charge in [-0.2, -0.15) is 0 Å². The molecule has 0 bridgehead atoms. The molecule has 0 saturated heterocycles.